The predicted octanol–water partition coefficient (Wildman–Crippen LogP) is 4.73. The molecule has 0 radical (unpaired) electrons. The molecule has 1 aliphatic rings. The van der Waals surface area contributed by atoms with Crippen molar-refractivity contribution in [3.05, 3.63) is 102 Å². The number of benzene rings is 3. The molecule has 2 heterocycles. The van der Waals surface area contributed by atoms with Gasteiger partial charge in [-0.25, -0.2) is 4.98 Å². The molecular weight excluding hydrogens is 428 g/mol. The second-order valence-corrected chi connectivity index (χ2v) is 9.32. The number of piperazine rings is 1. The van der Waals surface area contributed by atoms with E-state index < -0.39 is 0 Å². The third-order valence-electron chi connectivity index (χ3n) is 6.17. The van der Waals surface area contributed by atoms with Crippen molar-refractivity contribution >= 4 is 28.7 Å². The zero-order chi connectivity index (χ0) is 22.5. The molecule has 1 aliphatic heterocycles. The summed E-state index contributed by atoms with van der Waals surface area (Å²) in [4.78, 5) is 25.3. The highest BCUT2D eigenvalue weighted by Gasteiger charge is 2.28. The number of carbonyl (C=O) groups is 1. The third-order valence-corrected chi connectivity index (χ3v) is 7.09. The van der Waals surface area contributed by atoms with Crippen LogP contribution in [-0.4, -0.2) is 57.6 Å². The molecule has 3 aromatic carbocycles. The van der Waals surface area contributed by atoms with E-state index in [4.69, 9.17) is 0 Å². The number of imidazole rings is 1. The van der Waals surface area contributed by atoms with Gasteiger partial charge in [0.2, 0.25) is 5.91 Å². The number of hydrogen-bond acceptors (Lipinski definition) is 4. The Morgan fingerprint density at radius 2 is 1.45 bits per heavy atom. The minimum absolute atomic E-state index is 0.215. The number of rotatable bonds is 7. The van der Waals surface area contributed by atoms with Gasteiger partial charge in [0.05, 0.1) is 28.6 Å². The molecule has 0 bridgehead atoms. The Morgan fingerprint density at radius 3 is 2.09 bits per heavy atom. The van der Waals surface area contributed by atoms with E-state index in [-0.39, 0.29) is 11.9 Å². The quantitative estimate of drug-likeness (QED) is 0.437. The second-order valence-electron chi connectivity index (χ2n) is 8.33. The van der Waals surface area contributed by atoms with Crippen LogP contribution in [0.5, 0.6) is 0 Å². The molecule has 0 unspecified atom stereocenters. The number of fused-ring (bicyclic) bond motifs is 1. The molecule has 0 aliphatic carbocycles. The monoisotopic (exact) mass is 456 g/mol. The molecule has 5 nitrogen and oxygen atoms in total. The first-order valence-electron chi connectivity index (χ1n) is 11.4. The van der Waals surface area contributed by atoms with Crippen LogP contribution in [0.25, 0.3) is 11.0 Å². The Hall–Kier alpha value is -3.09. The lowest BCUT2D eigenvalue weighted by Crippen LogP contribution is -2.50. The summed E-state index contributed by atoms with van der Waals surface area (Å²) in [5.41, 5.74) is 4.61. The fourth-order valence-electron chi connectivity index (χ4n) is 4.51. The molecular formula is C27H28N4OS. The minimum Gasteiger partial charge on any atom is -0.341 e. The molecule has 6 heteroatoms. The van der Waals surface area contributed by atoms with Gasteiger partial charge in [-0.2, -0.15) is 0 Å². The molecule has 1 amide bonds. The van der Waals surface area contributed by atoms with E-state index in [9.17, 15) is 4.79 Å². The van der Waals surface area contributed by atoms with Crippen molar-refractivity contribution in [2.75, 3.05) is 31.9 Å². The average Bonchev–Trinajstić information content (AvgIpc) is 3.29. The summed E-state index contributed by atoms with van der Waals surface area (Å²) in [6, 6.07) is 29.6. The first kappa shape index (κ1) is 21.7. The molecule has 0 saturated carbocycles. The Balaban J connectivity index is 1.17. The van der Waals surface area contributed by atoms with Crippen LogP contribution in [-0.2, 0) is 10.5 Å². The molecule has 1 saturated heterocycles. The number of thioether (sulfide) groups is 1. The van der Waals surface area contributed by atoms with Crippen molar-refractivity contribution in [2.24, 2.45) is 0 Å². The minimum atomic E-state index is 0.215. The summed E-state index contributed by atoms with van der Waals surface area (Å²) in [6.45, 7) is 3.27. The maximum absolute atomic E-state index is 12.8. The van der Waals surface area contributed by atoms with Gasteiger partial charge < -0.3 is 9.88 Å². The van der Waals surface area contributed by atoms with Crippen molar-refractivity contribution in [3.8, 4) is 0 Å². The normalized spacial score (nSPS) is 14.8. The van der Waals surface area contributed by atoms with Crippen LogP contribution in [0.3, 0.4) is 0 Å². The van der Waals surface area contributed by atoms with Gasteiger partial charge in [0.1, 0.15) is 5.82 Å². The summed E-state index contributed by atoms with van der Waals surface area (Å²) in [5.74, 6) is 2.33. The zero-order valence-corrected chi connectivity index (χ0v) is 19.4. The van der Waals surface area contributed by atoms with E-state index >= 15 is 0 Å². The van der Waals surface area contributed by atoms with Gasteiger partial charge in [0, 0.05) is 26.2 Å². The maximum atomic E-state index is 12.8. The number of H-pyrrole nitrogens is 1. The highest BCUT2D eigenvalue weighted by molar-refractivity contribution is 7.99. The molecule has 0 atom stereocenters. The number of amides is 1. The van der Waals surface area contributed by atoms with E-state index in [0.29, 0.717) is 11.5 Å². The second kappa shape index (κ2) is 10.2. The van der Waals surface area contributed by atoms with Crippen LogP contribution in [0.15, 0.2) is 84.9 Å². The van der Waals surface area contributed by atoms with Crippen molar-refractivity contribution in [2.45, 2.75) is 11.8 Å². The molecule has 1 N–H and O–H groups in total. The summed E-state index contributed by atoms with van der Waals surface area (Å²) in [5, 5.41) is 0. The van der Waals surface area contributed by atoms with Gasteiger partial charge in [-0.05, 0) is 23.3 Å². The lowest BCUT2D eigenvalue weighted by atomic mass is 9.96. The highest BCUT2D eigenvalue weighted by atomic mass is 32.2. The maximum Gasteiger partial charge on any atom is 0.232 e. The van der Waals surface area contributed by atoms with Crippen LogP contribution in [0, 0.1) is 0 Å². The largest absolute Gasteiger partial charge is 0.341 e. The molecule has 1 aromatic heterocycles. The highest BCUT2D eigenvalue weighted by Crippen LogP contribution is 2.29. The van der Waals surface area contributed by atoms with Gasteiger partial charge in [-0.3, -0.25) is 9.69 Å². The molecule has 0 spiro atoms. The summed E-state index contributed by atoms with van der Waals surface area (Å²) < 4.78 is 0. The van der Waals surface area contributed by atoms with Crippen LogP contribution >= 0.6 is 11.8 Å². The Labute approximate surface area is 198 Å². The molecule has 5 rings (SSSR count). The predicted molar refractivity (Wildman–Crippen MR) is 135 cm³/mol. The number of aromatic amines is 1. The van der Waals surface area contributed by atoms with Gasteiger partial charge in [0.25, 0.3) is 0 Å². The Kier molecular flexibility index (Phi) is 6.74. The molecule has 1 fully saturated rings. The van der Waals surface area contributed by atoms with E-state index in [1.54, 1.807) is 11.8 Å². The van der Waals surface area contributed by atoms with Gasteiger partial charge >= 0.3 is 0 Å². The smallest absolute Gasteiger partial charge is 0.232 e. The van der Waals surface area contributed by atoms with Gasteiger partial charge in [0.15, 0.2) is 0 Å². The van der Waals surface area contributed by atoms with E-state index in [0.717, 1.165) is 43.0 Å². The fourth-order valence-corrected chi connectivity index (χ4v) is 5.30. The lowest BCUT2D eigenvalue weighted by Gasteiger charge is -2.39. The van der Waals surface area contributed by atoms with E-state index in [1.807, 2.05) is 29.2 Å². The number of hydrogen-bond donors (Lipinski definition) is 1. The fraction of sp³-hybridized carbons (Fsp3) is 0.259. The first-order chi connectivity index (χ1) is 16.3. The summed E-state index contributed by atoms with van der Waals surface area (Å²) in [7, 11) is 0. The SMILES string of the molecule is O=C(CSCc1nc2ccccc2[nH]1)N1CCN(C(c2ccccc2)c2ccccc2)CC1. The van der Waals surface area contributed by atoms with Crippen LogP contribution in [0.1, 0.15) is 23.0 Å². The summed E-state index contributed by atoms with van der Waals surface area (Å²) in [6.07, 6.45) is 0. The van der Waals surface area contributed by atoms with Crippen LogP contribution in [0.4, 0.5) is 0 Å². The lowest BCUT2D eigenvalue weighted by molar-refractivity contribution is -0.130. The number of aromatic nitrogens is 2. The van der Waals surface area contributed by atoms with Crippen molar-refractivity contribution in [3.63, 3.8) is 0 Å². The van der Waals surface area contributed by atoms with Crippen molar-refractivity contribution < 1.29 is 4.79 Å². The van der Waals surface area contributed by atoms with Crippen molar-refractivity contribution in [1.29, 1.82) is 0 Å². The van der Waals surface area contributed by atoms with Gasteiger partial charge in [-0.15, -0.1) is 11.8 Å². The third kappa shape index (κ3) is 5.13. The van der Waals surface area contributed by atoms with E-state index in [1.165, 1.54) is 11.1 Å². The molecule has 4 aromatic rings. The number of nitrogens with one attached hydrogen (secondary N) is 1. The summed E-state index contributed by atoms with van der Waals surface area (Å²) >= 11 is 1.63. The molecule has 33 heavy (non-hydrogen) atoms. The number of carbonyl (C=O) groups excluding carboxylic acids is 1. The number of nitrogens with zero attached hydrogens (tertiary/aromatic N) is 3. The average molecular weight is 457 g/mol. The first-order valence-corrected chi connectivity index (χ1v) is 12.6. The standard InChI is InChI=1S/C27H28N4OS/c32-26(20-33-19-25-28-23-13-7-8-14-24(23)29-25)30-15-17-31(18-16-30)27(21-9-3-1-4-10-21)22-11-5-2-6-12-22/h1-14,27H,15-20H2,(H,28,29). The van der Waals surface area contributed by atoms with Crippen LogP contribution in [0.2, 0.25) is 0 Å². The Morgan fingerprint density at radius 1 is 0.848 bits per heavy atom. The molecule has 168 valence electrons. The van der Waals surface area contributed by atoms with Gasteiger partial charge in [-0.1, -0.05) is 72.8 Å². The van der Waals surface area contributed by atoms with Crippen molar-refractivity contribution in [1.82, 2.24) is 19.8 Å². The Bertz CT molecular complexity index is 1110. The topological polar surface area (TPSA) is 52.2 Å². The zero-order valence-electron chi connectivity index (χ0n) is 18.6. The van der Waals surface area contributed by atoms with Crippen LogP contribution < -0.4 is 0 Å². The van der Waals surface area contributed by atoms with E-state index in [2.05, 4.69) is 75.5 Å². The number of para-hydroxylation sites is 2.